The van der Waals surface area contributed by atoms with Gasteiger partial charge in [-0.2, -0.15) is 0 Å². The maximum Gasteiger partial charge on any atom is 0.228 e. The lowest BCUT2D eigenvalue weighted by molar-refractivity contribution is -0.131. The molecule has 0 radical (unpaired) electrons. The van der Waals surface area contributed by atoms with Gasteiger partial charge in [0.05, 0.1) is 6.42 Å². The molecule has 5 rings (SSSR count). The van der Waals surface area contributed by atoms with E-state index in [1.807, 2.05) is 11.8 Å². The molecule has 2 aromatic rings. The van der Waals surface area contributed by atoms with Gasteiger partial charge in [0.2, 0.25) is 5.91 Å². The summed E-state index contributed by atoms with van der Waals surface area (Å²) in [4.78, 5) is 17.3. The fraction of sp³-hybridized carbons (Fsp3) is 0.526. The Hall–Kier alpha value is -2.21. The second kappa shape index (κ2) is 6.96. The normalized spacial score (nSPS) is 23.6. The van der Waals surface area contributed by atoms with Gasteiger partial charge in [-0.25, -0.2) is 4.63 Å². The van der Waals surface area contributed by atoms with Gasteiger partial charge in [0.15, 0.2) is 0 Å². The van der Waals surface area contributed by atoms with Crippen molar-refractivity contribution in [3.8, 4) is 0 Å². The first kappa shape index (κ1) is 16.3. The van der Waals surface area contributed by atoms with E-state index >= 15 is 0 Å². The average Bonchev–Trinajstić information content (AvgIpc) is 2.83. The Labute approximate surface area is 147 Å². The largest absolute Gasteiger partial charge is 0.340 e. The quantitative estimate of drug-likeness (QED) is 0.852. The average molecular weight is 340 g/mol. The molecule has 6 heteroatoms. The second-order valence-corrected chi connectivity index (χ2v) is 7.28. The van der Waals surface area contributed by atoms with Gasteiger partial charge in [-0.05, 0) is 31.2 Å². The molecule has 0 N–H and O–H groups in total. The zero-order valence-electron chi connectivity index (χ0n) is 14.6. The number of carbonyl (C=O) groups excluding carboxylic acids is 1. The smallest absolute Gasteiger partial charge is 0.228 e. The summed E-state index contributed by atoms with van der Waals surface area (Å²) in [6.45, 7) is 5.54. The molecule has 3 fully saturated rings. The first-order chi connectivity index (χ1) is 12.2. The molecule has 25 heavy (non-hydrogen) atoms. The van der Waals surface area contributed by atoms with Crippen LogP contribution in [0.3, 0.4) is 0 Å². The summed E-state index contributed by atoms with van der Waals surface area (Å²) in [6.07, 6.45) is 2.67. The van der Waals surface area contributed by atoms with Crippen LogP contribution in [0.25, 0.3) is 0 Å². The predicted molar refractivity (Wildman–Crippen MR) is 92.7 cm³/mol. The molecule has 0 unspecified atom stereocenters. The second-order valence-electron chi connectivity index (χ2n) is 7.28. The van der Waals surface area contributed by atoms with Gasteiger partial charge in [-0.3, -0.25) is 9.69 Å². The number of fused-ring (bicyclic) bond motifs is 4. The molecule has 0 spiro atoms. The van der Waals surface area contributed by atoms with E-state index in [2.05, 4.69) is 45.5 Å². The molecule has 3 saturated heterocycles. The molecule has 132 valence electrons. The lowest BCUT2D eigenvalue weighted by Gasteiger charge is -2.36. The molecule has 1 aromatic heterocycles. The number of piperidine rings is 1. The van der Waals surface area contributed by atoms with Crippen molar-refractivity contribution in [1.29, 1.82) is 0 Å². The summed E-state index contributed by atoms with van der Waals surface area (Å²) in [5.74, 6) is 0.695. The number of benzene rings is 1. The van der Waals surface area contributed by atoms with Crippen molar-refractivity contribution in [3.63, 3.8) is 0 Å². The Bertz CT molecular complexity index is 730. The van der Waals surface area contributed by atoms with Gasteiger partial charge in [0.25, 0.3) is 0 Å². The van der Waals surface area contributed by atoms with E-state index in [0.29, 0.717) is 23.3 Å². The fourth-order valence-electron chi connectivity index (χ4n) is 4.06. The standard InChI is InChI=1S/C19H24N4O2/c1-14-18(21-25-20-14)9-19(24)23-12-16-7-8-17(13-23)22(11-16)10-15-5-3-2-4-6-15/h2-6,16-17H,7-13H2,1H3/t16-,17-/m1/s1. The van der Waals surface area contributed by atoms with Crippen LogP contribution < -0.4 is 0 Å². The Balaban J connectivity index is 1.44. The summed E-state index contributed by atoms with van der Waals surface area (Å²) in [5.41, 5.74) is 2.71. The summed E-state index contributed by atoms with van der Waals surface area (Å²) in [6, 6.07) is 11.0. The number of aromatic nitrogens is 2. The highest BCUT2D eigenvalue weighted by Gasteiger charge is 2.36. The third-order valence-electron chi connectivity index (χ3n) is 5.47. The lowest BCUT2D eigenvalue weighted by atomic mass is 9.94. The van der Waals surface area contributed by atoms with E-state index in [-0.39, 0.29) is 12.3 Å². The third kappa shape index (κ3) is 3.58. The van der Waals surface area contributed by atoms with Crippen LogP contribution in [-0.2, 0) is 17.8 Å². The molecule has 2 bridgehead atoms. The van der Waals surface area contributed by atoms with Crippen molar-refractivity contribution in [2.45, 2.75) is 38.8 Å². The molecular weight excluding hydrogens is 316 g/mol. The van der Waals surface area contributed by atoms with E-state index in [1.165, 1.54) is 18.4 Å². The lowest BCUT2D eigenvalue weighted by Crippen LogP contribution is -2.44. The van der Waals surface area contributed by atoms with Crippen molar-refractivity contribution in [3.05, 3.63) is 47.3 Å². The van der Waals surface area contributed by atoms with Crippen LogP contribution in [0.2, 0.25) is 0 Å². The molecule has 2 atom stereocenters. The highest BCUT2D eigenvalue weighted by Crippen LogP contribution is 2.29. The molecule has 6 nitrogen and oxygen atoms in total. The highest BCUT2D eigenvalue weighted by molar-refractivity contribution is 5.78. The van der Waals surface area contributed by atoms with E-state index < -0.39 is 0 Å². The van der Waals surface area contributed by atoms with Gasteiger partial charge in [0.1, 0.15) is 11.4 Å². The van der Waals surface area contributed by atoms with Crippen LogP contribution in [-0.4, -0.2) is 51.7 Å². The van der Waals surface area contributed by atoms with E-state index in [4.69, 9.17) is 4.63 Å². The van der Waals surface area contributed by atoms with Crippen LogP contribution in [0.5, 0.6) is 0 Å². The summed E-state index contributed by atoms with van der Waals surface area (Å²) in [7, 11) is 0. The third-order valence-corrected chi connectivity index (χ3v) is 5.47. The Kier molecular flexibility index (Phi) is 4.53. The summed E-state index contributed by atoms with van der Waals surface area (Å²) in [5, 5.41) is 7.62. The summed E-state index contributed by atoms with van der Waals surface area (Å²) >= 11 is 0. The van der Waals surface area contributed by atoms with Crippen molar-refractivity contribution < 1.29 is 9.42 Å². The zero-order chi connectivity index (χ0) is 17.2. The molecule has 3 aliphatic rings. The molecule has 0 saturated carbocycles. The van der Waals surface area contributed by atoms with E-state index in [0.717, 1.165) is 26.2 Å². The molecule has 1 aromatic carbocycles. The number of rotatable bonds is 4. The van der Waals surface area contributed by atoms with Crippen LogP contribution in [0.4, 0.5) is 0 Å². The zero-order valence-corrected chi connectivity index (χ0v) is 14.6. The van der Waals surface area contributed by atoms with Crippen LogP contribution in [0, 0.1) is 12.8 Å². The van der Waals surface area contributed by atoms with Crippen molar-refractivity contribution in [2.75, 3.05) is 19.6 Å². The molecule has 4 heterocycles. The van der Waals surface area contributed by atoms with Gasteiger partial charge in [0, 0.05) is 32.2 Å². The van der Waals surface area contributed by atoms with E-state index in [9.17, 15) is 4.79 Å². The van der Waals surface area contributed by atoms with Crippen molar-refractivity contribution in [1.82, 2.24) is 20.1 Å². The Morgan fingerprint density at radius 3 is 2.76 bits per heavy atom. The minimum Gasteiger partial charge on any atom is -0.340 e. The minimum absolute atomic E-state index is 0.136. The number of nitrogens with zero attached hydrogens (tertiary/aromatic N) is 4. The summed E-state index contributed by atoms with van der Waals surface area (Å²) < 4.78 is 4.72. The Morgan fingerprint density at radius 1 is 1.16 bits per heavy atom. The van der Waals surface area contributed by atoms with Gasteiger partial charge in [-0.15, -0.1) is 0 Å². The maximum atomic E-state index is 12.8. The number of carbonyl (C=O) groups is 1. The molecule has 1 amide bonds. The van der Waals surface area contributed by atoms with Gasteiger partial charge in [-0.1, -0.05) is 40.6 Å². The van der Waals surface area contributed by atoms with Crippen LogP contribution >= 0.6 is 0 Å². The first-order valence-corrected chi connectivity index (χ1v) is 9.03. The van der Waals surface area contributed by atoms with Gasteiger partial charge >= 0.3 is 0 Å². The van der Waals surface area contributed by atoms with E-state index in [1.54, 1.807) is 0 Å². The fourth-order valence-corrected chi connectivity index (χ4v) is 4.06. The number of amides is 1. The van der Waals surface area contributed by atoms with Gasteiger partial charge < -0.3 is 4.90 Å². The molecular formula is C19H24N4O2. The van der Waals surface area contributed by atoms with Crippen molar-refractivity contribution >= 4 is 5.91 Å². The maximum absolute atomic E-state index is 12.8. The monoisotopic (exact) mass is 340 g/mol. The highest BCUT2D eigenvalue weighted by atomic mass is 16.6. The Morgan fingerprint density at radius 2 is 2.00 bits per heavy atom. The topological polar surface area (TPSA) is 62.5 Å². The molecule has 0 aliphatic carbocycles. The minimum atomic E-state index is 0.136. The SMILES string of the molecule is Cc1nonc1CC(=O)N1C[C@@H]2CC[C@H](C1)N(Cc1ccccc1)C2. The van der Waals surface area contributed by atoms with Crippen molar-refractivity contribution in [2.24, 2.45) is 5.92 Å². The van der Waals surface area contributed by atoms with Crippen LogP contribution in [0.1, 0.15) is 29.8 Å². The van der Waals surface area contributed by atoms with Crippen LogP contribution in [0.15, 0.2) is 35.0 Å². The number of hydrogen-bond acceptors (Lipinski definition) is 5. The number of aryl methyl sites for hydroxylation is 1. The predicted octanol–water partition coefficient (Wildman–Crippen LogP) is 2.04. The first-order valence-electron chi connectivity index (χ1n) is 9.03. The molecule has 3 aliphatic heterocycles. The number of hydrogen-bond donors (Lipinski definition) is 0.